The molecule has 1 N–H and O–H groups in total. The summed E-state index contributed by atoms with van der Waals surface area (Å²) in [5, 5.41) is 4.24. The monoisotopic (exact) mass is 601 g/mol. The number of rotatable bonds is 9. The number of piperazine rings is 1. The van der Waals surface area contributed by atoms with Gasteiger partial charge in [-0.25, -0.2) is 4.79 Å². The minimum Gasteiger partial charge on any atom is -0.495 e. The average Bonchev–Trinajstić information content (AvgIpc) is 3.08. The van der Waals surface area contributed by atoms with Crippen molar-refractivity contribution in [3.05, 3.63) is 114 Å². The van der Waals surface area contributed by atoms with Crippen LogP contribution in [0.15, 0.2) is 103 Å². The van der Waals surface area contributed by atoms with E-state index in [1.54, 1.807) is 19.1 Å². The highest BCUT2D eigenvalue weighted by Gasteiger charge is 2.23. The van der Waals surface area contributed by atoms with Crippen LogP contribution in [0, 0.1) is 6.92 Å². The molecule has 1 saturated heterocycles. The number of fused-ring (bicyclic) bond motifs is 1. The van der Waals surface area contributed by atoms with E-state index in [4.69, 9.17) is 14.5 Å². The molecule has 0 spiro atoms. The molecule has 8 heteroatoms. The lowest BCUT2D eigenvalue weighted by Gasteiger charge is -2.36. The molecule has 0 radical (unpaired) electrons. The van der Waals surface area contributed by atoms with Gasteiger partial charge < -0.3 is 19.7 Å². The first-order valence-corrected chi connectivity index (χ1v) is 15.3. The molecule has 230 valence electrons. The number of ether oxygens (including phenoxy) is 2. The lowest BCUT2D eigenvalue weighted by molar-refractivity contribution is 0.258. The molecule has 0 unspecified atom stereocenters. The third-order valence-electron chi connectivity index (χ3n) is 8.32. The van der Waals surface area contributed by atoms with Crippen molar-refractivity contribution in [3.8, 4) is 11.5 Å². The van der Waals surface area contributed by atoms with E-state index in [1.165, 1.54) is 11.1 Å². The van der Waals surface area contributed by atoms with Crippen molar-refractivity contribution in [1.29, 1.82) is 0 Å². The molecule has 0 atom stereocenters. The molecule has 45 heavy (non-hydrogen) atoms. The minimum atomic E-state index is -0.309. The number of amides is 2. The molecule has 0 aliphatic carbocycles. The summed E-state index contributed by atoms with van der Waals surface area (Å²) < 4.78 is 11.1. The quantitative estimate of drug-likeness (QED) is 0.191. The molecule has 5 aromatic rings. The van der Waals surface area contributed by atoms with E-state index in [0.717, 1.165) is 61.6 Å². The van der Waals surface area contributed by atoms with Crippen LogP contribution in [0.2, 0.25) is 0 Å². The summed E-state index contributed by atoms with van der Waals surface area (Å²) in [5.74, 6) is 1.19. The first-order valence-electron chi connectivity index (χ1n) is 15.3. The predicted molar refractivity (Wildman–Crippen MR) is 182 cm³/mol. The number of anilines is 4. The fraction of sp³-hybridized carbons (Fsp3) is 0.243. The van der Waals surface area contributed by atoms with Crippen LogP contribution in [-0.4, -0.2) is 62.9 Å². The second-order valence-corrected chi connectivity index (χ2v) is 11.2. The van der Waals surface area contributed by atoms with Gasteiger partial charge in [0.1, 0.15) is 11.5 Å². The van der Waals surface area contributed by atoms with Crippen LogP contribution in [0.1, 0.15) is 11.3 Å². The molecule has 0 bridgehead atoms. The van der Waals surface area contributed by atoms with Gasteiger partial charge in [0.05, 0.1) is 36.8 Å². The van der Waals surface area contributed by atoms with Crippen LogP contribution >= 0.6 is 0 Å². The lowest BCUT2D eigenvalue weighted by atomic mass is 10.1. The Morgan fingerprint density at radius 3 is 2.36 bits per heavy atom. The second kappa shape index (κ2) is 13.7. The van der Waals surface area contributed by atoms with Gasteiger partial charge in [-0.1, -0.05) is 42.5 Å². The Kier molecular flexibility index (Phi) is 9.12. The van der Waals surface area contributed by atoms with Crippen molar-refractivity contribution in [2.24, 2.45) is 0 Å². The van der Waals surface area contributed by atoms with Gasteiger partial charge in [0.2, 0.25) is 0 Å². The van der Waals surface area contributed by atoms with Crippen molar-refractivity contribution in [2.75, 3.05) is 62.1 Å². The number of methoxy groups -OCH3 is 2. The Labute approximate surface area is 264 Å². The summed E-state index contributed by atoms with van der Waals surface area (Å²) in [6, 6.07) is 33.5. The first-order chi connectivity index (χ1) is 22.0. The van der Waals surface area contributed by atoms with Crippen LogP contribution < -0.4 is 24.6 Å². The number of nitrogens with zero attached hydrogens (tertiary/aromatic N) is 4. The molecule has 4 aromatic carbocycles. The fourth-order valence-corrected chi connectivity index (χ4v) is 5.97. The van der Waals surface area contributed by atoms with Gasteiger partial charge in [-0.15, -0.1) is 0 Å². The SMILES string of the molecule is COc1ccccc1NC(=O)N(c1cccc(CCN2CCN(c3cccc4nc(C)ccc34)CC2)c1)c1ccccc1OC. The van der Waals surface area contributed by atoms with Crippen LogP contribution in [0.25, 0.3) is 10.9 Å². The summed E-state index contributed by atoms with van der Waals surface area (Å²) in [6.45, 7) is 6.90. The van der Waals surface area contributed by atoms with Gasteiger partial charge >= 0.3 is 6.03 Å². The van der Waals surface area contributed by atoms with Gasteiger partial charge in [-0.3, -0.25) is 14.8 Å². The molecule has 1 aliphatic rings. The lowest BCUT2D eigenvalue weighted by Crippen LogP contribution is -2.47. The van der Waals surface area contributed by atoms with Gasteiger partial charge in [0.25, 0.3) is 0 Å². The van der Waals surface area contributed by atoms with E-state index in [-0.39, 0.29) is 6.03 Å². The van der Waals surface area contributed by atoms with Crippen molar-refractivity contribution in [2.45, 2.75) is 13.3 Å². The van der Waals surface area contributed by atoms with Crippen LogP contribution in [0.3, 0.4) is 0 Å². The van der Waals surface area contributed by atoms with Crippen LogP contribution in [-0.2, 0) is 6.42 Å². The predicted octanol–water partition coefficient (Wildman–Crippen LogP) is 7.30. The van der Waals surface area contributed by atoms with E-state index >= 15 is 0 Å². The van der Waals surface area contributed by atoms with E-state index in [2.05, 4.69) is 57.6 Å². The average molecular weight is 602 g/mol. The molecule has 2 amide bonds. The van der Waals surface area contributed by atoms with E-state index < -0.39 is 0 Å². The Morgan fingerprint density at radius 2 is 1.56 bits per heavy atom. The molecule has 0 saturated carbocycles. The highest BCUT2D eigenvalue weighted by Crippen LogP contribution is 2.35. The Balaban J connectivity index is 1.16. The number of urea groups is 1. The zero-order valence-corrected chi connectivity index (χ0v) is 26.1. The van der Waals surface area contributed by atoms with Gasteiger partial charge in [-0.2, -0.15) is 0 Å². The maximum Gasteiger partial charge on any atom is 0.331 e. The van der Waals surface area contributed by atoms with Crippen molar-refractivity contribution < 1.29 is 14.3 Å². The standard InChI is InChI=1S/C37H39N5O3/c1-27-18-19-30-31(38-27)13-9-15-33(30)41-24-22-40(23-25-41)21-20-28-10-8-11-29(26-28)42(34-14-5-7-17-36(34)45-3)37(43)39-32-12-4-6-16-35(32)44-2/h4-19,26H,20-25H2,1-3H3,(H,39,43). The van der Waals surface area contributed by atoms with Crippen LogP contribution in [0.5, 0.6) is 11.5 Å². The molecule has 8 nitrogen and oxygen atoms in total. The Hall–Kier alpha value is -5.08. The Bertz CT molecular complexity index is 1780. The van der Waals surface area contributed by atoms with Gasteiger partial charge in [0, 0.05) is 49.5 Å². The fourth-order valence-electron chi connectivity index (χ4n) is 5.97. The summed E-state index contributed by atoms with van der Waals surface area (Å²) in [5.41, 5.74) is 6.51. The number of hydrogen-bond donors (Lipinski definition) is 1. The number of carbonyl (C=O) groups is 1. The summed E-state index contributed by atoms with van der Waals surface area (Å²) in [4.78, 5) is 25.3. The smallest absolute Gasteiger partial charge is 0.331 e. The summed E-state index contributed by atoms with van der Waals surface area (Å²) in [7, 11) is 3.21. The topological polar surface area (TPSA) is 70.2 Å². The molecule has 6 rings (SSSR count). The maximum absolute atomic E-state index is 13.9. The summed E-state index contributed by atoms with van der Waals surface area (Å²) in [6.07, 6.45) is 0.874. The number of nitrogens with one attached hydrogen (secondary N) is 1. The van der Waals surface area contributed by atoms with Gasteiger partial charge in [-0.05, 0) is 79.6 Å². The first kappa shape index (κ1) is 30.0. The highest BCUT2D eigenvalue weighted by molar-refractivity contribution is 6.08. The maximum atomic E-state index is 13.9. The van der Waals surface area contributed by atoms with Crippen LogP contribution in [0.4, 0.5) is 27.5 Å². The third kappa shape index (κ3) is 6.71. The second-order valence-electron chi connectivity index (χ2n) is 11.2. The summed E-state index contributed by atoms with van der Waals surface area (Å²) >= 11 is 0. The zero-order valence-electron chi connectivity index (χ0n) is 26.1. The van der Waals surface area contributed by atoms with Crippen molar-refractivity contribution in [1.82, 2.24) is 9.88 Å². The molecule has 2 heterocycles. The zero-order chi connectivity index (χ0) is 31.2. The van der Waals surface area contributed by atoms with E-state index in [1.807, 2.05) is 67.6 Å². The number of aromatic nitrogens is 1. The van der Waals surface area contributed by atoms with E-state index in [0.29, 0.717) is 22.9 Å². The normalized spacial score (nSPS) is 13.4. The number of aryl methyl sites for hydroxylation is 1. The third-order valence-corrected chi connectivity index (χ3v) is 8.32. The largest absolute Gasteiger partial charge is 0.495 e. The highest BCUT2D eigenvalue weighted by atomic mass is 16.5. The Morgan fingerprint density at radius 1 is 0.822 bits per heavy atom. The molecular weight excluding hydrogens is 562 g/mol. The molecule has 1 aromatic heterocycles. The number of benzene rings is 4. The number of pyridine rings is 1. The number of carbonyl (C=O) groups excluding carboxylic acids is 1. The molecule has 1 fully saturated rings. The van der Waals surface area contributed by atoms with Crippen molar-refractivity contribution in [3.63, 3.8) is 0 Å². The van der Waals surface area contributed by atoms with Crippen molar-refractivity contribution >= 4 is 39.7 Å². The van der Waals surface area contributed by atoms with Gasteiger partial charge in [0.15, 0.2) is 0 Å². The van der Waals surface area contributed by atoms with E-state index in [9.17, 15) is 4.79 Å². The minimum absolute atomic E-state index is 0.309. The number of hydrogen-bond acceptors (Lipinski definition) is 6. The molecule has 1 aliphatic heterocycles. The number of para-hydroxylation sites is 4. The molecular formula is C37H39N5O3.